The van der Waals surface area contributed by atoms with Crippen LogP contribution in [0.5, 0.6) is 5.75 Å². The normalized spacial score (nSPS) is 14.7. The van der Waals surface area contributed by atoms with E-state index in [1.807, 2.05) is 60.7 Å². The molecule has 1 aromatic heterocycles. The van der Waals surface area contributed by atoms with Gasteiger partial charge in [-0.15, -0.1) is 0 Å². The molecule has 4 aromatic rings. The lowest BCUT2D eigenvalue weighted by Crippen LogP contribution is -2.34. The van der Waals surface area contributed by atoms with Gasteiger partial charge in [0.1, 0.15) is 11.4 Å². The van der Waals surface area contributed by atoms with Crippen LogP contribution in [0.2, 0.25) is 0 Å². The van der Waals surface area contributed by atoms with Crippen LogP contribution in [-0.4, -0.2) is 27.7 Å². The summed E-state index contributed by atoms with van der Waals surface area (Å²) in [5.41, 5.74) is 4.09. The smallest absolute Gasteiger partial charge is 0.265 e. The molecule has 0 aliphatic carbocycles. The third-order valence-electron chi connectivity index (χ3n) is 5.41. The molecular weight excluding hydrogens is 416 g/mol. The summed E-state index contributed by atoms with van der Waals surface area (Å²) in [7, 11) is 0. The molecule has 1 atom stereocenters. The maximum Gasteiger partial charge on any atom is 0.265 e. The standard InChI is InChI=1S/C26H22N4O3/c1-17-25(31)28-22-14-20(12-13-23(22)33-17)27-26(32)21-16-30(15-18-8-4-2-5-9-18)29-24(21)19-10-6-3-7-11-19/h2-14,16-17H,15H2,1H3,(H,27,32)(H,28,31)/t17-/m0/s1. The van der Waals surface area contributed by atoms with Gasteiger partial charge in [-0.25, -0.2) is 0 Å². The van der Waals surface area contributed by atoms with Gasteiger partial charge in [-0.1, -0.05) is 60.7 Å². The summed E-state index contributed by atoms with van der Waals surface area (Å²) in [4.78, 5) is 25.2. The lowest BCUT2D eigenvalue weighted by molar-refractivity contribution is -0.122. The Morgan fingerprint density at radius 3 is 2.55 bits per heavy atom. The average Bonchev–Trinajstić information content (AvgIpc) is 3.25. The lowest BCUT2D eigenvalue weighted by atomic mass is 10.1. The molecule has 2 heterocycles. The number of fused-ring (bicyclic) bond motifs is 1. The molecule has 1 aliphatic heterocycles. The molecule has 33 heavy (non-hydrogen) atoms. The van der Waals surface area contributed by atoms with E-state index in [-0.39, 0.29) is 11.8 Å². The Balaban J connectivity index is 1.44. The Labute approximate surface area is 191 Å². The van der Waals surface area contributed by atoms with Gasteiger partial charge in [0.2, 0.25) is 0 Å². The van der Waals surface area contributed by atoms with E-state index in [9.17, 15) is 9.59 Å². The second-order valence-electron chi connectivity index (χ2n) is 7.85. The van der Waals surface area contributed by atoms with Crippen LogP contribution in [0.4, 0.5) is 11.4 Å². The van der Waals surface area contributed by atoms with Gasteiger partial charge in [0.05, 0.1) is 17.8 Å². The van der Waals surface area contributed by atoms with Crippen molar-refractivity contribution < 1.29 is 14.3 Å². The number of anilines is 2. The monoisotopic (exact) mass is 438 g/mol. The zero-order chi connectivity index (χ0) is 22.8. The van der Waals surface area contributed by atoms with E-state index in [2.05, 4.69) is 10.6 Å². The van der Waals surface area contributed by atoms with Crippen molar-refractivity contribution in [3.05, 3.63) is 96.2 Å². The molecule has 2 N–H and O–H groups in total. The van der Waals surface area contributed by atoms with E-state index in [1.54, 1.807) is 36.0 Å². The molecule has 2 amide bonds. The Morgan fingerprint density at radius 1 is 1.06 bits per heavy atom. The minimum absolute atomic E-state index is 0.223. The highest BCUT2D eigenvalue weighted by Crippen LogP contribution is 2.32. The maximum atomic E-state index is 13.3. The van der Waals surface area contributed by atoms with E-state index in [1.165, 1.54) is 0 Å². The van der Waals surface area contributed by atoms with Gasteiger partial charge >= 0.3 is 0 Å². The first kappa shape index (κ1) is 20.5. The fraction of sp³-hybridized carbons (Fsp3) is 0.115. The van der Waals surface area contributed by atoms with E-state index in [4.69, 9.17) is 9.84 Å². The number of aromatic nitrogens is 2. The van der Waals surface area contributed by atoms with E-state index < -0.39 is 6.10 Å². The summed E-state index contributed by atoms with van der Waals surface area (Å²) in [6.45, 7) is 2.24. The predicted molar refractivity (Wildman–Crippen MR) is 126 cm³/mol. The number of carbonyl (C=O) groups is 2. The van der Waals surface area contributed by atoms with E-state index >= 15 is 0 Å². The molecule has 0 unspecified atom stereocenters. The molecule has 0 radical (unpaired) electrons. The first-order valence-electron chi connectivity index (χ1n) is 10.7. The third kappa shape index (κ3) is 4.34. The molecule has 1 aliphatic rings. The van der Waals surface area contributed by atoms with Gasteiger partial charge in [-0.2, -0.15) is 5.10 Å². The Kier molecular flexibility index (Phi) is 5.36. The zero-order valence-electron chi connectivity index (χ0n) is 18.0. The quantitative estimate of drug-likeness (QED) is 0.478. The van der Waals surface area contributed by atoms with Crippen LogP contribution in [0.1, 0.15) is 22.8 Å². The van der Waals surface area contributed by atoms with E-state index in [0.717, 1.165) is 11.1 Å². The summed E-state index contributed by atoms with van der Waals surface area (Å²) >= 11 is 0. The third-order valence-corrected chi connectivity index (χ3v) is 5.41. The number of nitrogens with one attached hydrogen (secondary N) is 2. The minimum atomic E-state index is -0.554. The Bertz CT molecular complexity index is 1320. The molecule has 5 rings (SSSR count). The first-order valence-corrected chi connectivity index (χ1v) is 10.7. The Hall–Kier alpha value is -4.39. The topological polar surface area (TPSA) is 85.2 Å². The van der Waals surface area contributed by atoms with Gasteiger partial charge in [-0.3, -0.25) is 14.3 Å². The maximum absolute atomic E-state index is 13.3. The number of hydrogen-bond donors (Lipinski definition) is 2. The highest BCUT2D eigenvalue weighted by molar-refractivity contribution is 6.08. The molecule has 7 heteroatoms. The van der Waals surface area contributed by atoms with Crippen molar-refractivity contribution in [3.63, 3.8) is 0 Å². The van der Waals surface area contributed by atoms with Crippen LogP contribution in [0.3, 0.4) is 0 Å². The number of amides is 2. The van der Waals surface area contributed by atoms with Crippen molar-refractivity contribution in [1.29, 1.82) is 0 Å². The lowest BCUT2D eigenvalue weighted by Gasteiger charge is -2.23. The second-order valence-corrected chi connectivity index (χ2v) is 7.85. The largest absolute Gasteiger partial charge is 0.479 e. The summed E-state index contributed by atoms with van der Waals surface area (Å²) in [6.07, 6.45) is 1.21. The van der Waals surface area contributed by atoms with Crippen molar-refractivity contribution in [3.8, 4) is 17.0 Å². The van der Waals surface area contributed by atoms with Crippen molar-refractivity contribution in [2.75, 3.05) is 10.6 Å². The summed E-state index contributed by atoms with van der Waals surface area (Å²) in [5, 5.41) is 10.4. The van der Waals surface area contributed by atoms with Crippen molar-refractivity contribution in [2.45, 2.75) is 19.6 Å². The zero-order valence-corrected chi connectivity index (χ0v) is 18.0. The molecular formula is C26H22N4O3. The van der Waals surface area contributed by atoms with Gasteiger partial charge in [0, 0.05) is 17.4 Å². The van der Waals surface area contributed by atoms with Crippen LogP contribution < -0.4 is 15.4 Å². The number of nitrogens with zero attached hydrogens (tertiary/aromatic N) is 2. The van der Waals surface area contributed by atoms with Crippen LogP contribution in [0.15, 0.2) is 85.1 Å². The SMILES string of the molecule is C[C@@H]1Oc2ccc(NC(=O)c3cn(Cc4ccccc4)nc3-c3ccccc3)cc2NC1=O. The number of ether oxygens (including phenoxy) is 1. The van der Waals surface area contributed by atoms with Crippen molar-refractivity contribution in [1.82, 2.24) is 9.78 Å². The summed E-state index contributed by atoms with van der Waals surface area (Å²) in [5.74, 6) is 0.0600. The molecule has 0 saturated carbocycles. The van der Waals surface area contributed by atoms with Crippen LogP contribution in [0.25, 0.3) is 11.3 Å². The fourth-order valence-corrected chi connectivity index (χ4v) is 3.73. The number of benzene rings is 3. The number of carbonyl (C=O) groups excluding carboxylic acids is 2. The molecule has 0 fully saturated rings. The molecule has 3 aromatic carbocycles. The van der Waals surface area contributed by atoms with Crippen molar-refractivity contribution in [2.24, 2.45) is 0 Å². The number of hydrogen-bond acceptors (Lipinski definition) is 4. The highest BCUT2D eigenvalue weighted by Gasteiger charge is 2.24. The van der Waals surface area contributed by atoms with Crippen LogP contribution >= 0.6 is 0 Å². The minimum Gasteiger partial charge on any atom is -0.479 e. The molecule has 7 nitrogen and oxygen atoms in total. The summed E-state index contributed by atoms with van der Waals surface area (Å²) in [6, 6.07) is 24.7. The van der Waals surface area contributed by atoms with Gasteiger partial charge < -0.3 is 15.4 Å². The molecule has 0 saturated heterocycles. The Morgan fingerprint density at radius 2 is 1.79 bits per heavy atom. The van der Waals surface area contributed by atoms with E-state index in [0.29, 0.717) is 34.9 Å². The van der Waals surface area contributed by atoms with Crippen LogP contribution in [0, 0.1) is 0 Å². The van der Waals surface area contributed by atoms with Crippen LogP contribution in [-0.2, 0) is 11.3 Å². The average molecular weight is 438 g/mol. The summed E-state index contributed by atoms with van der Waals surface area (Å²) < 4.78 is 7.36. The van der Waals surface area contributed by atoms with Gasteiger partial charge in [-0.05, 0) is 30.7 Å². The molecule has 164 valence electrons. The number of rotatable bonds is 5. The van der Waals surface area contributed by atoms with Gasteiger partial charge in [0.25, 0.3) is 11.8 Å². The molecule has 0 bridgehead atoms. The second kappa shape index (κ2) is 8.63. The fourth-order valence-electron chi connectivity index (χ4n) is 3.73. The molecule has 0 spiro atoms. The van der Waals surface area contributed by atoms with Gasteiger partial charge in [0.15, 0.2) is 6.10 Å². The predicted octanol–water partition coefficient (Wildman–Crippen LogP) is 4.57. The first-order chi connectivity index (χ1) is 16.1. The highest BCUT2D eigenvalue weighted by atomic mass is 16.5. The van der Waals surface area contributed by atoms with Crippen molar-refractivity contribution >= 4 is 23.2 Å².